The summed E-state index contributed by atoms with van der Waals surface area (Å²) in [5, 5.41) is 1.44. The Kier molecular flexibility index (Phi) is 5.96. The average Bonchev–Trinajstić information content (AvgIpc) is 2.37. The second kappa shape index (κ2) is 7.32. The molecule has 4 heteroatoms. The number of halogens is 2. The van der Waals surface area contributed by atoms with Crippen LogP contribution >= 0.6 is 23.2 Å². The van der Waals surface area contributed by atoms with Crippen LogP contribution in [-0.2, 0) is 4.74 Å². The third-order valence-corrected chi connectivity index (χ3v) is 4.66. The molecular formula is C17H25Cl2NO. The van der Waals surface area contributed by atoms with Crippen LogP contribution in [0.1, 0.15) is 44.6 Å². The minimum Gasteiger partial charge on any atom is -0.374 e. The molecule has 1 aromatic rings. The van der Waals surface area contributed by atoms with Gasteiger partial charge in [-0.05, 0) is 76.9 Å². The fourth-order valence-corrected chi connectivity index (χ4v) is 3.83. The molecule has 3 atom stereocenters. The van der Waals surface area contributed by atoms with Crippen LogP contribution in [-0.4, -0.2) is 37.2 Å². The Morgan fingerprint density at radius 1 is 1.10 bits per heavy atom. The lowest BCUT2D eigenvalue weighted by atomic mass is 9.79. The molecule has 0 amide bonds. The van der Waals surface area contributed by atoms with E-state index in [1.165, 1.54) is 5.56 Å². The van der Waals surface area contributed by atoms with Crippen molar-refractivity contribution in [1.82, 2.24) is 4.90 Å². The van der Waals surface area contributed by atoms with Gasteiger partial charge in [0.15, 0.2) is 0 Å². The van der Waals surface area contributed by atoms with Gasteiger partial charge in [-0.3, -0.25) is 0 Å². The highest BCUT2D eigenvalue weighted by molar-refractivity contribution is 6.34. The van der Waals surface area contributed by atoms with Crippen LogP contribution in [0, 0.1) is 0 Å². The molecule has 1 fully saturated rings. The zero-order chi connectivity index (χ0) is 15.6. The predicted octanol–water partition coefficient (Wildman–Crippen LogP) is 4.98. The van der Waals surface area contributed by atoms with Crippen molar-refractivity contribution < 1.29 is 4.74 Å². The Balaban J connectivity index is 2.14. The van der Waals surface area contributed by atoms with Crippen LogP contribution in [0.5, 0.6) is 0 Å². The highest BCUT2D eigenvalue weighted by Crippen LogP contribution is 2.38. The topological polar surface area (TPSA) is 12.5 Å². The lowest BCUT2D eigenvalue weighted by Gasteiger charge is -2.40. The maximum atomic E-state index is 6.15. The Labute approximate surface area is 138 Å². The standard InChI is InChI=1S/C17H25Cl2NO/c1-11(2)21-17-6-5-12(9-16(17)20(3)4)13-7-14(18)10-15(19)8-13/h7-8,10-12,16-17H,5-6,9H2,1-4H3/t12-,16-,17-/m0/s1. The molecule has 2 nitrogen and oxygen atoms in total. The molecule has 0 saturated heterocycles. The van der Waals surface area contributed by atoms with Crippen molar-refractivity contribution in [3.8, 4) is 0 Å². The molecule has 1 aliphatic rings. The maximum Gasteiger partial charge on any atom is 0.0733 e. The number of nitrogens with zero attached hydrogens (tertiary/aromatic N) is 1. The molecule has 0 unspecified atom stereocenters. The first kappa shape index (κ1) is 17.1. The summed E-state index contributed by atoms with van der Waals surface area (Å²) >= 11 is 12.3. The molecule has 21 heavy (non-hydrogen) atoms. The van der Waals surface area contributed by atoms with Crippen LogP contribution in [0.25, 0.3) is 0 Å². The van der Waals surface area contributed by atoms with Gasteiger partial charge in [0.1, 0.15) is 0 Å². The summed E-state index contributed by atoms with van der Waals surface area (Å²) in [5.41, 5.74) is 1.25. The second-order valence-corrected chi connectivity index (χ2v) is 7.34. The number of hydrogen-bond acceptors (Lipinski definition) is 2. The van der Waals surface area contributed by atoms with Crippen LogP contribution in [0.3, 0.4) is 0 Å². The van der Waals surface area contributed by atoms with Crippen LogP contribution in [0.15, 0.2) is 18.2 Å². The highest BCUT2D eigenvalue weighted by Gasteiger charge is 2.33. The van der Waals surface area contributed by atoms with E-state index in [0.717, 1.165) is 29.3 Å². The first-order valence-electron chi connectivity index (χ1n) is 7.64. The van der Waals surface area contributed by atoms with Gasteiger partial charge in [0.25, 0.3) is 0 Å². The maximum absolute atomic E-state index is 6.15. The summed E-state index contributed by atoms with van der Waals surface area (Å²) in [6.45, 7) is 4.21. The fraction of sp³-hybridized carbons (Fsp3) is 0.647. The van der Waals surface area contributed by atoms with Crippen LogP contribution in [0.4, 0.5) is 0 Å². The van der Waals surface area contributed by atoms with Gasteiger partial charge in [-0.25, -0.2) is 0 Å². The molecule has 1 saturated carbocycles. The van der Waals surface area contributed by atoms with Gasteiger partial charge in [-0.15, -0.1) is 0 Å². The van der Waals surface area contributed by atoms with E-state index in [9.17, 15) is 0 Å². The zero-order valence-electron chi connectivity index (χ0n) is 13.3. The Morgan fingerprint density at radius 3 is 2.24 bits per heavy atom. The predicted molar refractivity (Wildman–Crippen MR) is 90.5 cm³/mol. The summed E-state index contributed by atoms with van der Waals surface area (Å²) in [6, 6.07) is 6.33. The van der Waals surface area contributed by atoms with Gasteiger partial charge in [-0.2, -0.15) is 0 Å². The van der Waals surface area contributed by atoms with Crippen LogP contribution in [0.2, 0.25) is 10.0 Å². The minimum absolute atomic E-state index is 0.273. The van der Waals surface area contributed by atoms with Crippen molar-refractivity contribution in [1.29, 1.82) is 0 Å². The fourth-order valence-electron chi connectivity index (χ4n) is 3.28. The normalized spacial score (nSPS) is 26.6. The molecule has 2 rings (SSSR count). The van der Waals surface area contributed by atoms with E-state index in [2.05, 4.69) is 45.0 Å². The number of ether oxygens (including phenoxy) is 1. The van der Waals surface area contributed by atoms with E-state index < -0.39 is 0 Å². The summed E-state index contributed by atoms with van der Waals surface area (Å²) < 4.78 is 6.10. The molecule has 1 aliphatic carbocycles. The quantitative estimate of drug-likeness (QED) is 0.771. The summed E-state index contributed by atoms with van der Waals surface area (Å²) in [5.74, 6) is 0.501. The van der Waals surface area contributed by atoms with E-state index in [0.29, 0.717) is 18.1 Å². The molecular weight excluding hydrogens is 305 g/mol. The number of likely N-dealkylation sites (N-methyl/N-ethyl adjacent to an activating group) is 1. The van der Waals surface area contributed by atoms with E-state index in [1.807, 2.05) is 0 Å². The summed E-state index contributed by atoms with van der Waals surface area (Å²) in [7, 11) is 4.27. The van der Waals surface area contributed by atoms with Crippen molar-refractivity contribution in [2.45, 2.75) is 57.3 Å². The Bertz CT molecular complexity index is 456. The zero-order valence-corrected chi connectivity index (χ0v) is 14.8. The summed E-state index contributed by atoms with van der Waals surface area (Å²) in [4.78, 5) is 2.28. The molecule has 1 aromatic carbocycles. The van der Waals surface area contributed by atoms with Crippen molar-refractivity contribution in [2.24, 2.45) is 0 Å². The molecule has 0 spiro atoms. The van der Waals surface area contributed by atoms with Crippen molar-refractivity contribution in [3.63, 3.8) is 0 Å². The minimum atomic E-state index is 0.273. The molecule has 0 bridgehead atoms. The second-order valence-electron chi connectivity index (χ2n) is 6.47. The van der Waals surface area contributed by atoms with Crippen molar-refractivity contribution in [2.75, 3.05) is 14.1 Å². The van der Waals surface area contributed by atoms with Crippen molar-refractivity contribution in [3.05, 3.63) is 33.8 Å². The van der Waals surface area contributed by atoms with E-state index in [4.69, 9.17) is 27.9 Å². The first-order valence-corrected chi connectivity index (χ1v) is 8.40. The van der Waals surface area contributed by atoms with Gasteiger partial charge in [0.05, 0.1) is 12.2 Å². The highest BCUT2D eigenvalue weighted by atomic mass is 35.5. The van der Waals surface area contributed by atoms with E-state index >= 15 is 0 Å². The molecule has 118 valence electrons. The lowest BCUT2D eigenvalue weighted by molar-refractivity contribution is -0.0569. The van der Waals surface area contributed by atoms with E-state index in [1.54, 1.807) is 6.07 Å². The molecule has 0 radical (unpaired) electrons. The van der Waals surface area contributed by atoms with Crippen LogP contribution < -0.4 is 0 Å². The number of rotatable bonds is 4. The smallest absolute Gasteiger partial charge is 0.0733 e. The van der Waals surface area contributed by atoms with E-state index in [-0.39, 0.29) is 6.10 Å². The van der Waals surface area contributed by atoms with Gasteiger partial charge >= 0.3 is 0 Å². The number of benzene rings is 1. The summed E-state index contributed by atoms with van der Waals surface area (Å²) in [6.07, 6.45) is 3.87. The van der Waals surface area contributed by atoms with Gasteiger partial charge < -0.3 is 9.64 Å². The van der Waals surface area contributed by atoms with Gasteiger partial charge in [0.2, 0.25) is 0 Å². The molecule has 0 heterocycles. The van der Waals surface area contributed by atoms with Gasteiger partial charge in [-0.1, -0.05) is 23.2 Å². The molecule has 0 N–H and O–H groups in total. The first-order chi connectivity index (χ1) is 9.86. The van der Waals surface area contributed by atoms with Crippen molar-refractivity contribution >= 4 is 23.2 Å². The van der Waals surface area contributed by atoms with Gasteiger partial charge in [0, 0.05) is 16.1 Å². The third-order valence-electron chi connectivity index (χ3n) is 4.22. The number of hydrogen-bond donors (Lipinski definition) is 0. The molecule has 0 aliphatic heterocycles. The molecule has 0 aromatic heterocycles. The average molecular weight is 330 g/mol. The SMILES string of the molecule is CC(C)O[C@H]1CC[C@H](c2cc(Cl)cc(Cl)c2)C[C@@H]1N(C)C. The third kappa shape index (κ3) is 4.59. The lowest BCUT2D eigenvalue weighted by Crippen LogP contribution is -2.45. The monoisotopic (exact) mass is 329 g/mol. The Hall–Kier alpha value is -0.280. The Morgan fingerprint density at radius 2 is 1.71 bits per heavy atom. The largest absolute Gasteiger partial charge is 0.374 e.